The van der Waals surface area contributed by atoms with E-state index in [0.717, 1.165) is 5.56 Å². The molecule has 0 fully saturated rings. The number of amides is 1. The number of nitrogens with one attached hydrogen (secondary N) is 1. The molecule has 0 aliphatic rings. The number of methoxy groups -OCH3 is 3. The summed E-state index contributed by atoms with van der Waals surface area (Å²) < 4.78 is 21.7. The largest absolute Gasteiger partial charge is 0.493 e. The van der Waals surface area contributed by atoms with Crippen LogP contribution in [-0.4, -0.2) is 27.2 Å². The highest BCUT2D eigenvalue weighted by Gasteiger charge is 2.15. The Labute approximate surface area is 180 Å². The Balaban J connectivity index is 1.66. The van der Waals surface area contributed by atoms with Crippen LogP contribution in [0.3, 0.4) is 0 Å². The first kappa shape index (κ1) is 21.3. The van der Waals surface area contributed by atoms with Crippen LogP contribution < -0.4 is 24.3 Å². The summed E-state index contributed by atoms with van der Waals surface area (Å²) in [5, 5.41) is 3.39. The number of carbonyl (C=O) groups is 1. The van der Waals surface area contributed by atoms with Gasteiger partial charge in [-0.25, -0.2) is 0 Å². The van der Waals surface area contributed by atoms with Crippen molar-refractivity contribution in [2.75, 3.05) is 26.6 Å². The first-order valence-electron chi connectivity index (χ1n) is 9.15. The molecule has 0 saturated carbocycles. The predicted octanol–water partition coefficient (Wildman–Crippen LogP) is 5.34. The summed E-state index contributed by atoms with van der Waals surface area (Å²) in [6.07, 6.45) is 0.147. The molecule has 0 aliphatic carbocycles. The van der Waals surface area contributed by atoms with E-state index >= 15 is 0 Å². The van der Waals surface area contributed by atoms with Crippen LogP contribution in [0, 0.1) is 0 Å². The molecule has 156 valence electrons. The van der Waals surface area contributed by atoms with Gasteiger partial charge in [-0.15, -0.1) is 0 Å². The van der Waals surface area contributed by atoms with Crippen LogP contribution in [0.2, 0.25) is 5.02 Å². The summed E-state index contributed by atoms with van der Waals surface area (Å²) in [6, 6.07) is 17.8. The summed E-state index contributed by atoms with van der Waals surface area (Å²) in [7, 11) is 4.60. The van der Waals surface area contributed by atoms with Gasteiger partial charge in [-0.3, -0.25) is 4.79 Å². The Morgan fingerprint density at radius 2 is 1.50 bits per heavy atom. The molecule has 0 atom stereocenters. The monoisotopic (exact) mass is 427 g/mol. The Bertz CT molecular complexity index is 995. The number of para-hydroxylation sites is 1. The van der Waals surface area contributed by atoms with Gasteiger partial charge in [-0.05, 0) is 54.1 Å². The third-order valence-electron chi connectivity index (χ3n) is 4.29. The maximum absolute atomic E-state index is 12.5. The summed E-state index contributed by atoms with van der Waals surface area (Å²) in [4.78, 5) is 12.5. The molecule has 0 aromatic heterocycles. The van der Waals surface area contributed by atoms with Gasteiger partial charge in [-0.2, -0.15) is 0 Å². The minimum absolute atomic E-state index is 0.147. The van der Waals surface area contributed by atoms with Gasteiger partial charge in [0.05, 0.1) is 32.8 Å². The van der Waals surface area contributed by atoms with Gasteiger partial charge in [0, 0.05) is 5.69 Å². The first-order chi connectivity index (χ1) is 14.5. The van der Waals surface area contributed by atoms with Crippen LogP contribution in [0.1, 0.15) is 5.56 Å². The van der Waals surface area contributed by atoms with Crippen LogP contribution >= 0.6 is 11.6 Å². The van der Waals surface area contributed by atoms with Gasteiger partial charge in [-0.1, -0.05) is 23.7 Å². The van der Waals surface area contributed by atoms with E-state index in [2.05, 4.69) is 5.32 Å². The predicted molar refractivity (Wildman–Crippen MR) is 116 cm³/mol. The van der Waals surface area contributed by atoms with E-state index in [1.807, 2.05) is 12.1 Å². The van der Waals surface area contributed by atoms with Gasteiger partial charge < -0.3 is 24.3 Å². The minimum atomic E-state index is -0.177. The Kier molecular flexibility index (Phi) is 7.03. The molecular formula is C23H22ClNO5. The number of hydrogen-bond donors (Lipinski definition) is 1. The van der Waals surface area contributed by atoms with E-state index in [0.29, 0.717) is 39.5 Å². The standard InChI is InChI=1S/C23H22ClNO5/c1-27-20-12-15(13-21(28-2)23(20)29-3)14-22(26)25-16-8-10-17(11-9-16)30-19-7-5-4-6-18(19)24/h4-13H,14H2,1-3H3,(H,25,26). The number of halogens is 1. The smallest absolute Gasteiger partial charge is 0.228 e. The normalized spacial score (nSPS) is 10.3. The van der Waals surface area contributed by atoms with Crippen molar-refractivity contribution < 1.29 is 23.7 Å². The lowest BCUT2D eigenvalue weighted by atomic mass is 10.1. The number of benzene rings is 3. The van der Waals surface area contributed by atoms with Crippen LogP contribution in [-0.2, 0) is 11.2 Å². The number of hydrogen-bond acceptors (Lipinski definition) is 5. The van der Waals surface area contributed by atoms with Crippen molar-refractivity contribution in [3.8, 4) is 28.7 Å². The van der Waals surface area contributed by atoms with E-state index < -0.39 is 0 Å². The summed E-state index contributed by atoms with van der Waals surface area (Å²) in [6.45, 7) is 0. The SMILES string of the molecule is COc1cc(CC(=O)Nc2ccc(Oc3ccccc3Cl)cc2)cc(OC)c1OC. The van der Waals surface area contributed by atoms with E-state index in [-0.39, 0.29) is 12.3 Å². The molecule has 3 aromatic rings. The van der Waals surface area contributed by atoms with Crippen molar-refractivity contribution in [1.82, 2.24) is 0 Å². The van der Waals surface area contributed by atoms with Gasteiger partial charge in [0.2, 0.25) is 11.7 Å². The lowest BCUT2D eigenvalue weighted by Gasteiger charge is -2.14. The average molecular weight is 428 g/mol. The molecule has 0 spiro atoms. The van der Waals surface area contributed by atoms with Crippen LogP contribution in [0.25, 0.3) is 0 Å². The molecule has 0 unspecified atom stereocenters. The Morgan fingerprint density at radius 1 is 0.867 bits per heavy atom. The van der Waals surface area contributed by atoms with Crippen molar-refractivity contribution in [1.29, 1.82) is 0 Å². The molecule has 0 bridgehead atoms. The van der Waals surface area contributed by atoms with E-state index in [4.69, 9.17) is 30.5 Å². The molecule has 6 nitrogen and oxygen atoms in total. The number of ether oxygens (including phenoxy) is 4. The quantitative estimate of drug-likeness (QED) is 0.525. The summed E-state index contributed by atoms with van der Waals surface area (Å²) >= 11 is 6.11. The highest BCUT2D eigenvalue weighted by Crippen LogP contribution is 2.38. The number of rotatable bonds is 8. The fourth-order valence-electron chi connectivity index (χ4n) is 2.89. The second-order valence-corrected chi connectivity index (χ2v) is 6.72. The molecule has 0 heterocycles. The third-order valence-corrected chi connectivity index (χ3v) is 4.60. The van der Waals surface area contributed by atoms with Crippen LogP contribution in [0.15, 0.2) is 60.7 Å². The molecule has 7 heteroatoms. The molecular weight excluding hydrogens is 406 g/mol. The summed E-state index contributed by atoms with van der Waals surface area (Å²) in [5.41, 5.74) is 1.39. The molecule has 3 rings (SSSR count). The second kappa shape index (κ2) is 9.89. The lowest BCUT2D eigenvalue weighted by Crippen LogP contribution is -2.14. The van der Waals surface area contributed by atoms with Crippen LogP contribution in [0.4, 0.5) is 5.69 Å². The molecule has 3 aromatic carbocycles. The van der Waals surface area contributed by atoms with E-state index in [9.17, 15) is 4.79 Å². The highest BCUT2D eigenvalue weighted by atomic mass is 35.5. The van der Waals surface area contributed by atoms with E-state index in [1.54, 1.807) is 48.5 Å². The van der Waals surface area contributed by atoms with Crippen molar-refractivity contribution in [2.24, 2.45) is 0 Å². The van der Waals surface area contributed by atoms with Gasteiger partial charge in [0.15, 0.2) is 11.5 Å². The fraction of sp³-hybridized carbons (Fsp3) is 0.174. The van der Waals surface area contributed by atoms with Crippen LogP contribution in [0.5, 0.6) is 28.7 Å². The molecule has 0 radical (unpaired) electrons. The van der Waals surface area contributed by atoms with Gasteiger partial charge in [0.25, 0.3) is 0 Å². The van der Waals surface area contributed by atoms with Gasteiger partial charge >= 0.3 is 0 Å². The Morgan fingerprint density at radius 3 is 2.07 bits per heavy atom. The zero-order valence-electron chi connectivity index (χ0n) is 16.9. The molecule has 30 heavy (non-hydrogen) atoms. The van der Waals surface area contributed by atoms with E-state index in [1.165, 1.54) is 21.3 Å². The first-order valence-corrected chi connectivity index (χ1v) is 9.53. The fourth-order valence-corrected chi connectivity index (χ4v) is 3.06. The lowest BCUT2D eigenvalue weighted by molar-refractivity contribution is -0.115. The number of anilines is 1. The van der Waals surface area contributed by atoms with Crippen molar-refractivity contribution in [3.05, 3.63) is 71.2 Å². The van der Waals surface area contributed by atoms with Gasteiger partial charge in [0.1, 0.15) is 11.5 Å². The highest BCUT2D eigenvalue weighted by molar-refractivity contribution is 6.32. The topological polar surface area (TPSA) is 66.0 Å². The summed E-state index contributed by atoms with van der Waals surface area (Å²) in [5.74, 6) is 2.49. The Hall–Kier alpha value is -3.38. The maximum atomic E-state index is 12.5. The third kappa shape index (κ3) is 5.15. The maximum Gasteiger partial charge on any atom is 0.228 e. The zero-order valence-corrected chi connectivity index (χ0v) is 17.7. The minimum Gasteiger partial charge on any atom is -0.493 e. The average Bonchev–Trinajstić information content (AvgIpc) is 2.75. The zero-order chi connectivity index (χ0) is 21.5. The van der Waals surface area contributed by atoms with Crippen molar-refractivity contribution in [3.63, 3.8) is 0 Å². The number of carbonyl (C=O) groups excluding carboxylic acids is 1. The molecule has 0 saturated heterocycles. The molecule has 0 aliphatic heterocycles. The van der Waals surface area contributed by atoms with Crippen molar-refractivity contribution >= 4 is 23.2 Å². The molecule has 1 amide bonds. The second-order valence-electron chi connectivity index (χ2n) is 6.32. The molecule has 1 N–H and O–H groups in total. The van der Waals surface area contributed by atoms with Crippen molar-refractivity contribution in [2.45, 2.75) is 6.42 Å².